The number of furan rings is 1. The molecule has 0 aromatic carbocycles. The van der Waals surface area contributed by atoms with Crippen LogP contribution in [0.25, 0.3) is 0 Å². The second-order valence-corrected chi connectivity index (χ2v) is 7.78. The number of aliphatic imine (C=N–C) groups is 1. The van der Waals surface area contributed by atoms with Crippen LogP contribution in [0.5, 0.6) is 0 Å². The summed E-state index contributed by atoms with van der Waals surface area (Å²) in [6, 6.07) is 4.09. The zero-order valence-corrected chi connectivity index (χ0v) is 19.6. The lowest BCUT2D eigenvalue weighted by Gasteiger charge is -2.38. The average molecular weight is 503 g/mol. The van der Waals surface area contributed by atoms with Gasteiger partial charge in [0, 0.05) is 52.4 Å². The van der Waals surface area contributed by atoms with Crippen LogP contribution in [0.4, 0.5) is 0 Å². The Hall–Kier alpha value is -1.29. The standard InChI is InChI=1S/C20H33N5O2.HI/c1-16(2)25-8-4-6-17(15-25)14-22-20(21-3)24-11-9-23(10-12-24)19(26)18-7-5-13-27-18;/h5,7,13,16-17H,4,6,8-12,14-15H2,1-3H3,(H,21,22);1H. The fourth-order valence-corrected chi connectivity index (χ4v) is 3.98. The van der Waals surface area contributed by atoms with Gasteiger partial charge in [0.2, 0.25) is 0 Å². The quantitative estimate of drug-likeness (QED) is 0.389. The van der Waals surface area contributed by atoms with Gasteiger partial charge < -0.3 is 24.4 Å². The van der Waals surface area contributed by atoms with Gasteiger partial charge in [0.15, 0.2) is 11.7 Å². The molecule has 0 aliphatic carbocycles. The van der Waals surface area contributed by atoms with Crippen LogP contribution >= 0.6 is 24.0 Å². The Labute approximate surface area is 185 Å². The molecule has 1 unspecified atom stereocenters. The Bertz CT molecular complexity index is 627. The molecule has 7 nitrogen and oxygen atoms in total. The highest BCUT2D eigenvalue weighted by Gasteiger charge is 2.26. The number of hydrogen-bond donors (Lipinski definition) is 1. The summed E-state index contributed by atoms with van der Waals surface area (Å²) in [5, 5.41) is 3.57. The normalized spacial score (nSPS) is 21.6. The van der Waals surface area contributed by atoms with E-state index in [1.165, 1.54) is 19.4 Å². The summed E-state index contributed by atoms with van der Waals surface area (Å²) in [6.45, 7) is 10.8. The first kappa shape index (κ1) is 23.0. The lowest BCUT2D eigenvalue weighted by molar-refractivity contribution is 0.0657. The third-order valence-electron chi connectivity index (χ3n) is 5.64. The molecule has 28 heavy (non-hydrogen) atoms. The molecule has 0 saturated carbocycles. The minimum atomic E-state index is -0.0291. The molecule has 1 atom stereocenters. The number of piperazine rings is 1. The van der Waals surface area contributed by atoms with Crippen molar-refractivity contribution >= 4 is 35.8 Å². The number of carbonyl (C=O) groups is 1. The highest BCUT2D eigenvalue weighted by Crippen LogP contribution is 2.18. The predicted octanol–water partition coefficient (Wildman–Crippen LogP) is 2.35. The molecule has 3 heterocycles. The van der Waals surface area contributed by atoms with Gasteiger partial charge in [-0.1, -0.05) is 0 Å². The summed E-state index contributed by atoms with van der Waals surface area (Å²) in [5.74, 6) is 2.00. The number of rotatable bonds is 4. The van der Waals surface area contributed by atoms with Crippen LogP contribution in [0.15, 0.2) is 27.8 Å². The molecule has 2 aliphatic rings. The zero-order valence-electron chi connectivity index (χ0n) is 17.3. The van der Waals surface area contributed by atoms with E-state index < -0.39 is 0 Å². The van der Waals surface area contributed by atoms with Crippen molar-refractivity contribution < 1.29 is 9.21 Å². The van der Waals surface area contributed by atoms with Crippen LogP contribution in [-0.4, -0.2) is 85.5 Å². The maximum Gasteiger partial charge on any atom is 0.289 e. The molecule has 2 fully saturated rings. The predicted molar refractivity (Wildman–Crippen MR) is 122 cm³/mol. The van der Waals surface area contributed by atoms with Crippen LogP contribution in [-0.2, 0) is 0 Å². The number of nitrogens with zero attached hydrogens (tertiary/aromatic N) is 4. The molecule has 158 valence electrons. The van der Waals surface area contributed by atoms with Gasteiger partial charge in [0.05, 0.1) is 6.26 Å². The smallest absolute Gasteiger partial charge is 0.289 e. The maximum absolute atomic E-state index is 12.4. The van der Waals surface area contributed by atoms with Gasteiger partial charge in [-0.3, -0.25) is 9.79 Å². The van der Waals surface area contributed by atoms with E-state index in [4.69, 9.17) is 4.42 Å². The molecule has 3 rings (SSSR count). The largest absolute Gasteiger partial charge is 0.459 e. The van der Waals surface area contributed by atoms with Crippen molar-refractivity contribution in [2.75, 3.05) is 52.9 Å². The Morgan fingerprint density at radius 2 is 1.96 bits per heavy atom. The number of halogens is 1. The molecule has 1 amide bonds. The monoisotopic (exact) mass is 503 g/mol. The fourth-order valence-electron chi connectivity index (χ4n) is 3.98. The first-order valence-corrected chi connectivity index (χ1v) is 10.1. The van der Waals surface area contributed by atoms with Gasteiger partial charge in [-0.25, -0.2) is 0 Å². The van der Waals surface area contributed by atoms with Crippen LogP contribution in [0.3, 0.4) is 0 Å². The molecular formula is C20H34IN5O2. The Morgan fingerprint density at radius 1 is 1.25 bits per heavy atom. The third kappa shape index (κ3) is 5.85. The summed E-state index contributed by atoms with van der Waals surface area (Å²) >= 11 is 0. The molecule has 2 saturated heterocycles. The number of carbonyl (C=O) groups excluding carboxylic acids is 1. The highest BCUT2D eigenvalue weighted by molar-refractivity contribution is 14.0. The van der Waals surface area contributed by atoms with Crippen molar-refractivity contribution in [3.63, 3.8) is 0 Å². The van der Waals surface area contributed by atoms with Gasteiger partial charge in [0.1, 0.15) is 0 Å². The molecule has 0 spiro atoms. The zero-order chi connectivity index (χ0) is 19.2. The van der Waals surface area contributed by atoms with E-state index in [0.717, 1.165) is 32.1 Å². The van der Waals surface area contributed by atoms with Gasteiger partial charge in [-0.2, -0.15) is 0 Å². The van der Waals surface area contributed by atoms with Gasteiger partial charge >= 0.3 is 0 Å². The van der Waals surface area contributed by atoms with Crippen LogP contribution in [0, 0.1) is 5.92 Å². The minimum absolute atomic E-state index is 0. The van der Waals surface area contributed by atoms with E-state index in [1.54, 1.807) is 18.4 Å². The van der Waals surface area contributed by atoms with Gasteiger partial charge in [0.25, 0.3) is 5.91 Å². The van der Waals surface area contributed by atoms with Crippen LogP contribution in [0.1, 0.15) is 37.2 Å². The van der Waals surface area contributed by atoms with Crippen molar-refractivity contribution in [2.45, 2.75) is 32.7 Å². The summed E-state index contributed by atoms with van der Waals surface area (Å²) < 4.78 is 5.23. The molecule has 0 bridgehead atoms. The second kappa shape index (κ2) is 11.0. The Morgan fingerprint density at radius 3 is 2.57 bits per heavy atom. The van der Waals surface area contributed by atoms with E-state index in [1.807, 2.05) is 11.9 Å². The first-order chi connectivity index (χ1) is 13.1. The van der Waals surface area contributed by atoms with E-state index >= 15 is 0 Å². The van der Waals surface area contributed by atoms with E-state index in [9.17, 15) is 4.79 Å². The van der Waals surface area contributed by atoms with Crippen molar-refractivity contribution in [3.8, 4) is 0 Å². The Balaban J connectivity index is 0.00000280. The molecule has 0 radical (unpaired) electrons. The number of hydrogen-bond acceptors (Lipinski definition) is 4. The number of amides is 1. The van der Waals surface area contributed by atoms with E-state index in [2.05, 4.69) is 34.0 Å². The number of guanidine groups is 1. The number of nitrogens with one attached hydrogen (secondary N) is 1. The molecule has 1 aromatic rings. The van der Waals surface area contributed by atoms with Crippen molar-refractivity contribution in [1.82, 2.24) is 20.0 Å². The summed E-state index contributed by atoms with van der Waals surface area (Å²) in [4.78, 5) is 23.5. The van der Waals surface area contributed by atoms with Crippen LogP contribution < -0.4 is 5.32 Å². The number of likely N-dealkylation sites (tertiary alicyclic amines) is 1. The van der Waals surface area contributed by atoms with E-state index in [-0.39, 0.29) is 29.9 Å². The lowest BCUT2D eigenvalue weighted by Crippen LogP contribution is -2.54. The first-order valence-electron chi connectivity index (χ1n) is 10.1. The average Bonchev–Trinajstić information content (AvgIpc) is 3.23. The molecule has 1 N–H and O–H groups in total. The third-order valence-corrected chi connectivity index (χ3v) is 5.64. The SMILES string of the molecule is CN=C(NCC1CCCN(C(C)C)C1)N1CCN(C(=O)c2ccco2)CC1.I. The highest BCUT2D eigenvalue weighted by atomic mass is 127. The van der Waals surface area contributed by atoms with Gasteiger partial charge in [-0.15, -0.1) is 24.0 Å². The van der Waals surface area contributed by atoms with Crippen LogP contribution in [0.2, 0.25) is 0 Å². The maximum atomic E-state index is 12.4. The van der Waals surface area contributed by atoms with Crippen molar-refractivity contribution in [2.24, 2.45) is 10.9 Å². The topological polar surface area (TPSA) is 64.3 Å². The van der Waals surface area contributed by atoms with E-state index in [0.29, 0.717) is 30.8 Å². The van der Waals surface area contributed by atoms with Crippen molar-refractivity contribution in [1.29, 1.82) is 0 Å². The Kier molecular flexibility index (Phi) is 9.07. The fraction of sp³-hybridized carbons (Fsp3) is 0.700. The molecule has 1 aromatic heterocycles. The van der Waals surface area contributed by atoms with Gasteiger partial charge in [-0.05, 0) is 51.3 Å². The summed E-state index contributed by atoms with van der Waals surface area (Å²) in [5.41, 5.74) is 0. The second-order valence-electron chi connectivity index (χ2n) is 7.78. The molecular weight excluding hydrogens is 469 g/mol. The molecule has 8 heteroatoms. The lowest BCUT2D eigenvalue weighted by atomic mass is 9.97. The van der Waals surface area contributed by atoms with Crippen molar-refractivity contribution in [3.05, 3.63) is 24.2 Å². The molecule has 2 aliphatic heterocycles. The summed E-state index contributed by atoms with van der Waals surface area (Å²) in [7, 11) is 1.84. The summed E-state index contributed by atoms with van der Waals surface area (Å²) in [6.07, 6.45) is 4.09. The minimum Gasteiger partial charge on any atom is -0.459 e. The number of piperidine rings is 1.